The predicted octanol–water partition coefficient (Wildman–Crippen LogP) is 4.87. The molecule has 0 unspecified atom stereocenters. The fourth-order valence-corrected chi connectivity index (χ4v) is 3.51. The molecule has 0 fully saturated rings. The van der Waals surface area contributed by atoms with Crippen molar-refractivity contribution in [3.8, 4) is 22.6 Å². The van der Waals surface area contributed by atoms with Crippen LogP contribution in [0.1, 0.15) is 32.0 Å². The van der Waals surface area contributed by atoms with Gasteiger partial charge >= 0.3 is 5.97 Å². The van der Waals surface area contributed by atoms with E-state index in [4.69, 9.17) is 9.47 Å². The molecule has 6 heteroatoms. The van der Waals surface area contributed by atoms with Gasteiger partial charge in [-0.05, 0) is 48.4 Å². The molecule has 0 bridgehead atoms. The number of methoxy groups -OCH3 is 2. The van der Waals surface area contributed by atoms with Crippen LogP contribution >= 0.6 is 0 Å². The molecule has 4 rings (SSSR count). The van der Waals surface area contributed by atoms with Crippen molar-refractivity contribution in [2.75, 3.05) is 14.2 Å². The zero-order valence-corrected chi connectivity index (χ0v) is 18.0. The third-order valence-corrected chi connectivity index (χ3v) is 5.20. The van der Waals surface area contributed by atoms with Gasteiger partial charge in [0, 0.05) is 17.3 Å². The SMILES string of the molecule is COC(=O)c1cccc(-c2ccc(C(=O)c3ccc(-n4cnc(C)c4)c(OC)c3)cc2)c1. The monoisotopic (exact) mass is 426 g/mol. The second-order valence-corrected chi connectivity index (χ2v) is 7.29. The van der Waals surface area contributed by atoms with Crippen LogP contribution in [0.25, 0.3) is 16.8 Å². The second kappa shape index (κ2) is 8.89. The summed E-state index contributed by atoms with van der Waals surface area (Å²) in [6, 6.07) is 19.8. The highest BCUT2D eigenvalue weighted by molar-refractivity contribution is 6.09. The smallest absolute Gasteiger partial charge is 0.337 e. The Kier molecular flexibility index (Phi) is 5.85. The molecule has 6 nitrogen and oxygen atoms in total. The fourth-order valence-electron chi connectivity index (χ4n) is 3.51. The van der Waals surface area contributed by atoms with Crippen LogP contribution in [0.15, 0.2) is 79.3 Å². The molecule has 4 aromatic rings. The molecule has 3 aromatic carbocycles. The molecular formula is C26H22N2O4. The lowest BCUT2D eigenvalue weighted by Gasteiger charge is -2.11. The number of carbonyl (C=O) groups is 2. The summed E-state index contributed by atoms with van der Waals surface area (Å²) < 4.78 is 12.2. The van der Waals surface area contributed by atoms with Crippen LogP contribution in [0.4, 0.5) is 0 Å². The van der Waals surface area contributed by atoms with Gasteiger partial charge in [0.05, 0.1) is 37.5 Å². The van der Waals surface area contributed by atoms with Crippen molar-refractivity contribution in [1.82, 2.24) is 9.55 Å². The molecule has 0 radical (unpaired) electrons. The summed E-state index contributed by atoms with van der Waals surface area (Å²) in [7, 11) is 2.93. The highest BCUT2D eigenvalue weighted by Gasteiger charge is 2.14. The lowest BCUT2D eigenvalue weighted by molar-refractivity contribution is 0.0600. The maximum Gasteiger partial charge on any atom is 0.337 e. The maximum absolute atomic E-state index is 13.1. The van der Waals surface area contributed by atoms with Gasteiger partial charge in [-0.2, -0.15) is 0 Å². The Morgan fingerprint density at radius 3 is 2.25 bits per heavy atom. The molecule has 0 saturated carbocycles. The third kappa shape index (κ3) is 4.16. The quantitative estimate of drug-likeness (QED) is 0.325. The van der Waals surface area contributed by atoms with Gasteiger partial charge in [-0.3, -0.25) is 4.79 Å². The minimum absolute atomic E-state index is 0.105. The molecule has 32 heavy (non-hydrogen) atoms. The average molecular weight is 426 g/mol. The van der Waals surface area contributed by atoms with Crippen LogP contribution < -0.4 is 4.74 Å². The normalized spacial score (nSPS) is 10.6. The molecule has 0 aliphatic rings. The summed E-state index contributed by atoms with van der Waals surface area (Å²) >= 11 is 0. The Morgan fingerprint density at radius 1 is 0.844 bits per heavy atom. The molecule has 0 spiro atoms. The summed E-state index contributed by atoms with van der Waals surface area (Å²) in [4.78, 5) is 29.1. The lowest BCUT2D eigenvalue weighted by atomic mass is 9.98. The van der Waals surface area contributed by atoms with E-state index in [2.05, 4.69) is 4.98 Å². The summed E-state index contributed by atoms with van der Waals surface area (Å²) in [5, 5.41) is 0. The average Bonchev–Trinajstić information content (AvgIpc) is 3.28. The fraction of sp³-hybridized carbons (Fsp3) is 0.115. The number of aryl methyl sites for hydroxylation is 1. The molecule has 0 N–H and O–H groups in total. The van der Waals surface area contributed by atoms with E-state index in [0.29, 0.717) is 22.4 Å². The molecule has 0 atom stereocenters. The van der Waals surface area contributed by atoms with Crippen LogP contribution in [0.2, 0.25) is 0 Å². The number of carbonyl (C=O) groups excluding carboxylic acids is 2. The van der Waals surface area contributed by atoms with Crippen molar-refractivity contribution < 1.29 is 19.1 Å². The minimum Gasteiger partial charge on any atom is -0.495 e. The molecule has 1 heterocycles. The maximum atomic E-state index is 13.1. The molecule has 1 aromatic heterocycles. The topological polar surface area (TPSA) is 70.4 Å². The van der Waals surface area contributed by atoms with Crippen molar-refractivity contribution in [2.24, 2.45) is 0 Å². The standard InChI is InChI=1S/C26H22N2O4/c1-17-15-28(16-27-17)23-12-11-21(14-24(23)31-2)25(29)19-9-7-18(8-10-19)20-5-4-6-22(13-20)26(30)32-3/h4-16H,1-3H3. The predicted molar refractivity (Wildman–Crippen MR) is 122 cm³/mol. The Hall–Kier alpha value is -4.19. The summed E-state index contributed by atoms with van der Waals surface area (Å²) in [5.74, 6) is 0.0953. The van der Waals surface area contributed by atoms with E-state index in [1.807, 2.05) is 42.0 Å². The van der Waals surface area contributed by atoms with E-state index in [1.54, 1.807) is 55.9 Å². The first kappa shape index (κ1) is 21.1. The number of ether oxygens (including phenoxy) is 2. The van der Waals surface area contributed by atoms with E-state index in [-0.39, 0.29) is 11.8 Å². The minimum atomic E-state index is -0.387. The van der Waals surface area contributed by atoms with Crippen molar-refractivity contribution in [3.63, 3.8) is 0 Å². The Bertz CT molecular complexity index is 1290. The molecule has 0 aliphatic carbocycles. The number of aromatic nitrogens is 2. The molecule has 0 amide bonds. The Morgan fingerprint density at radius 2 is 1.59 bits per heavy atom. The van der Waals surface area contributed by atoms with Gasteiger partial charge in [-0.15, -0.1) is 0 Å². The van der Waals surface area contributed by atoms with Crippen molar-refractivity contribution >= 4 is 11.8 Å². The van der Waals surface area contributed by atoms with Gasteiger partial charge in [0.25, 0.3) is 0 Å². The van der Waals surface area contributed by atoms with Gasteiger partial charge in [0.2, 0.25) is 0 Å². The summed E-state index contributed by atoms with van der Waals surface area (Å²) in [6.45, 7) is 1.91. The lowest BCUT2D eigenvalue weighted by Crippen LogP contribution is -2.04. The van der Waals surface area contributed by atoms with Crippen LogP contribution in [0.5, 0.6) is 5.75 Å². The number of benzene rings is 3. The van der Waals surface area contributed by atoms with Gasteiger partial charge in [0.1, 0.15) is 5.75 Å². The molecule has 160 valence electrons. The largest absolute Gasteiger partial charge is 0.495 e. The van der Waals surface area contributed by atoms with Crippen molar-refractivity contribution in [1.29, 1.82) is 0 Å². The highest BCUT2D eigenvalue weighted by atomic mass is 16.5. The van der Waals surface area contributed by atoms with Gasteiger partial charge in [-0.25, -0.2) is 9.78 Å². The number of esters is 1. The van der Waals surface area contributed by atoms with E-state index >= 15 is 0 Å². The number of ketones is 1. The third-order valence-electron chi connectivity index (χ3n) is 5.20. The first-order valence-corrected chi connectivity index (χ1v) is 10.0. The Balaban J connectivity index is 1.60. The molecule has 0 saturated heterocycles. The number of hydrogen-bond donors (Lipinski definition) is 0. The number of nitrogens with zero attached hydrogens (tertiary/aromatic N) is 2. The zero-order chi connectivity index (χ0) is 22.7. The van der Waals surface area contributed by atoms with Crippen LogP contribution in [-0.2, 0) is 4.74 Å². The van der Waals surface area contributed by atoms with E-state index in [9.17, 15) is 9.59 Å². The van der Waals surface area contributed by atoms with E-state index in [0.717, 1.165) is 22.5 Å². The van der Waals surface area contributed by atoms with Crippen LogP contribution in [0.3, 0.4) is 0 Å². The Labute approximate surface area is 186 Å². The first-order chi connectivity index (χ1) is 15.5. The van der Waals surface area contributed by atoms with Crippen LogP contribution in [-0.4, -0.2) is 35.5 Å². The summed E-state index contributed by atoms with van der Waals surface area (Å²) in [5.41, 5.74) is 5.04. The number of imidazole rings is 1. The van der Waals surface area contributed by atoms with E-state index in [1.165, 1.54) is 7.11 Å². The van der Waals surface area contributed by atoms with Gasteiger partial charge in [-0.1, -0.05) is 36.4 Å². The van der Waals surface area contributed by atoms with Crippen LogP contribution in [0, 0.1) is 6.92 Å². The van der Waals surface area contributed by atoms with Crippen molar-refractivity contribution in [2.45, 2.75) is 6.92 Å². The first-order valence-electron chi connectivity index (χ1n) is 10.0. The zero-order valence-electron chi connectivity index (χ0n) is 18.0. The summed E-state index contributed by atoms with van der Waals surface area (Å²) in [6.07, 6.45) is 3.61. The molecular weight excluding hydrogens is 404 g/mol. The number of hydrogen-bond acceptors (Lipinski definition) is 5. The number of rotatable bonds is 6. The van der Waals surface area contributed by atoms with Crippen molar-refractivity contribution in [3.05, 3.63) is 102 Å². The van der Waals surface area contributed by atoms with Gasteiger partial charge < -0.3 is 14.0 Å². The highest BCUT2D eigenvalue weighted by Crippen LogP contribution is 2.27. The molecule has 0 aliphatic heterocycles. The van der Waals surface area contributed by atoms with Gasteiger partial charge in [0.15, 0.2) is 5.78 Å². The second-order valence-electron chi connectivity index (χ2n) is 7.29. The van der Waals surface area contributed by atoms with E-state index < -0.39 is 0 Å².